The van der Waals surface area contributed by atoms with Crippen LogP contribution >= 0.6 is 23.2 Å². The zero-order valence-corrected chi connectivity index (χ0v) is 19.1. The van der Waals surface area contributed by atoms with Crippen LogP contribution in [-0.2, 0) is 15.9 Å². The second-order valence-electron chi connectivity index (χ2n) is 6.72. The maximum absolute atomic E-state index is 13.0. The molecule has 1 unspecified atom stereocenters. The van der Waals surface area contributed by atoms with E-state index in [4.69, 9.17) is 27.9 Å². The molecule has 1 N–H and O–H groups in total. The van der Waals surface area contributed by atoms with Gasteiger partial charge in [-0.05, 0) is 42.3 Å². The van der Waals surface area contributed by atoms with Gasteiger partial charge in [-0.3, -0.25) is 19.6 Å². The van der Waals surface area contributed by atoms with Crippen molar-refractivity contribution in [1.82, 2.24) is 4.72 Å². The van der Waals surface area contributed by atoms with E-state index < -0.39 is 43.5 Å². The second kappa shape index (κ2) is 9.53. The molecule has 3 rings (SSSR count). The Morgan fingerprint density at radius 2 is 1.74 bits per heavy atom. The fraction of sp³-hybridized carbons (Fsp3) is 0.0476. The van der Waals surface area contributed by atoms with Crippen molar-refractivity contribution in [2.24, 2.45) is 0 Å². The van der Waals surface area contributed by atoms with Crippen molar-refractivity contribution in [1.29, 1.82) is 0 Å². The van der Waals surface area contributed by atoms with Gasteiger partial charge in [-0.15, -0.1) is 0 Å². The monoisotopic (exact) mass is 532 g/mol. The van der Waals surface area contributed by atoms with Gasteiger partial charge < -0.3 is 4.74 Å². The second-order valence-corrected chi connectivity index (χ2v) is 9.53. The molecule has 0 spiro atoms. The number of amides is 1. The number of nitrogens with zero attached hydrogens (tertiary/aromatic N) is 1. The molecule has 3 aromatic carbocycles. The minimum atomic E-state index is -4.62. The van der Waals surface area contributed by atoms with Crippen LogP contribution in [-0.4, -0.2) is 20.9 Å². The predicted octanol–water partition coefficient (Wildman–Crippen LogP) is 6.13. The number of nitro groups is 1. The van der Waals surface area contributed by atoms with Crippen molar-refractivity contribution in [2.75, 3.05) is 0 Å². The molecule has 34 heavy (non-hydrogen) atoms. The number of benzene rings is 3. The Labute approximate surface area is 201 Å². The SMILES string of the molecule is C=S(=O)(NC(=O)c1cc(Oc2ccc(C(F)(F)F)cc2Cl)ccc1[N+](=O)[O-])c1ccccc1Cl. The maximum Gasteiger partial charge on any atom is 0.416 e. The molecule has 7 nitrogen and oxygen atoms in total. The van der Waals surface area contributed by atoms with E-state index in [1.54, 1.807) is 6.07 Å². The Kier molecular flexibility index (Phi) is 7.10. The highest BCUT2D eigenvalue weighted by molar-refractivity contribution is 7.99. The van der Waals surface area contributed by atoms with Gasteiger partial charge in [0.15, 0.2) is 0 Å². The standard InChI is InChI=1S/C21H13Cl2F3N2O5S/c1-34(32,19-5-3-2-4-15(19)22)27-20(29)14-11-13(7-8-17(14)28(30)31)33-18-9-6-12(10-16(18)23)21(24,25)26/h2-11H,1H2,(H,27,29,32). The van der Waals surface area contributed by atoms with Crippen LogP contribution in [0.15, 0.2) is 65.6 Å². The molecule has 1 amide bonds. The third-order valence-electron chi connectivity index (χ3n) is 4.35. The first-order chi connectivity index (χ1) is 15.8. The van der Waals surface area contributed by atoms with Gasteiger partial charge in [0, 0.05) is 12.1 Å². The highest BCUT2D eigenvalue weighted by Crippen LogP contribution is 2.37. The molecular weight excluding hydrogens is 520 g/mol. The van der Waals surface area contributed by atoms with E-state index in [0.717, 1.165) is 30.3 Å². The van der Waals surface area contributed by atoms with Gasteiger partial charge >= 0.3 is 6.18 Å². The number of alkyl halides is 3. The Bertz CT molecular complexity index is 1400. The number of nitrogens with one attached hydrogen (secondary N) is 1. The fourth-order valence-electron chi connectivity index (χ4n) is 2.78. The Balaban J connectivity index is 1.95. The van der Waals surface area contributed by atoms with Crippen LogP contribution in [0.5, 0.6) is 11.5 Å². The van der Waals surface area contributed by atoms with Crippen LogP contribution in [0.2, 0.25) is 10.0 Å². The molecule has 0 heterocycles. The normalized spacial score (nSPS) is 13.1. The molecule has 0 radical (unpaired) electrons. The van der Waals surface area contributed by atoms with E-state index in [-0.39, 0.29) is 26.4 Å². The van der Waals surface area contributed by atoms with Gasteiger partial charge in [0.1, 0.15) is 17.1 Å². The van der Waals surface area contributed by atoms with Gasteiger partial charge in [-0.25, -0.2) is 4.21 Å². The maximum atomic E-state index is 13.0. The molecule has 0 saturated heterocycles. The fourth-order valence-corrected chi connectivity index (χ4v) is 4.71. The third-order valence-corrected chi connectivity index (χ3v) is 6.66. The summed E-state index contributed by atoms with van der Waals surface area (Å²) in [5.41, 5.74) is -2.18. The summed E-state index contributed by atoms with van der Waals surface area (Å²) in [5, 5.41) is 11.1. The summed E-state index contributed by atoms with van der Waals surface area (Å²) in [7, 11) is -3.50. The molecule has 0 bridgehead atoms. The average molecular weight is 533 g/mol. The largest absolute Gasteiger partial charge is 0.456 e. The number of halogens is 5. The van der Waals surface area contributed by atoms with Crippen LogP contribution in [0.25, 0.3) is 0 Å². The van der Waals surface area contributed by atoms with Gasteiger partial charge in [-0.2, -0.15) is 13.2 Å². The molecule has 0 saturated carbocycles. The summed E-state index contributed by atoms with van der Waals surface area (Å²) in [6, 6.07) is 11.3. The topological polar surface area (TPSA) is 98.5 Å². The van der Waals surface area contributed by atoms with Gasteiger partial charge in [0.25, 0.3) is 11.6 Å². The number of ether oxygens (including phenoxy) is 1. The smallest absolute Gasteiger partial charge is 0.416 e. The zero-order chi connectivity index (χ0) is 25.3. The van der Waals surface area contributed by atoms with Crippen molar-refractivity contribution in [3.8, 4) is 11.5 Å². The molecule has 0 aliphatic carbocycles. The van der Waals surface area contributed by atoms with Crippen LogP contribution in [0.3, 0.4) is 0 Å². The molecule has 3 aromatic rings. The van der Waals surface area contributed by atoms with E-state index in [1.165, 1.54) is 18.2 Å². The molecule has 0 aliphatic rings. The average Bonchev–Trinajstić information content (AvgIpc) is 2.74. The lowest BCUT2D eigenvalue weighted by atomic mass is 10.1. The summed E-state index contributed by atoms with van der Waals surface area (Å²) >= 11 is 11.9. The van der Waals surface area contributed by atoms with Crippen molar-refractivity contribution < 1.29 is 31.8 Å². The van der Waals surface area contributed by atoms with Crippen molar-refractivity contribution >= 4 is 50.4 Å². The summed E-state index contributed by atoms with van der Waals surface area (Å²) in [6.45, 7) is 0. The number of hydrogen-bond acceptors (Lipinski definition) is 5. The van der Waals surface area contributed by atoms with Gasteiger partial charge in [0.2, 0.25) is 0 Å². The minimum absolute atomic E-state index is 0.0108. The van der Waals surface area contributed by atoms with Gasteiger partial charge in [0.05, 0.1) is 35.1 Å². The quantitative estimate of drug-likeness (QED) is 0.234. The third kappa shape index (κ3) is 5.61. The lowest BCUT2D eigenvalue weighted by molar-refractivity contribution is -0.385. The van der Waals surface area contributed by atoms with Gasteiger partial charge in [-0.1, -0.05) is 35.3 Å². The van der Waals surface area contributed by atoms with Crippen molar-refractivity contribution in [2.45, 2.75) is 11.1 Å². The van der Waals surface area contributed by atoms with Crippen molar-refractivity contribution in [3.05, 3.63) is 92.0 Å². The van der Waals surface area contributed by atoms with E-state index in [0.29, 0.717) is 6.07 Å². The molecule has 0 aromatic heterocycles. The number of hydrogen-bond donors (Lipinski definition) is 1. The number of nitro benzene ring substituents is 1. The Morgan fingerprint density at radius 3 is 2.32 bits per heavy atom. The number of rotatable bonds is 6. The minimum Gasteiger partial charge on any atom is -0.456 e. The van der Waals surface area contributed by atoms with Crippen LogP contribution < -0.4 is 9.46 Å². The Hall–Kier alpha value is -3.28. The molecule has 178 valence electrons. The lowest BCUT2D eigenvalue weighted by Crippen LogP contribution is -2.31. The zero-order valence-electron chi connectivity index (χ0n) is 16.8. The number of carbonyl (C=O) groups excluding carboxylic acids is 1. The van der Waals surface area contributed by atoms with E-state index in [2.05, 4.69) is 10.6 Å². The highest BCUT2D eigenvalue weighted by Gasteiger charge is 2.31. The predicted molar refractivity (Wildman–Crippen MR) is 122 cm³/mol. The lowest BCUT2D eigenvalue weighted by Gasteiger charge is -2.14. The van der Waals surface area contributed by atoms with Crippen LogP contribution in [0.1, 0.15) is 15.9 Å². The summed E-state index contributed by atoms with van der Waals surface area (Å²) in [4.78, 5) is 23.4. The Morgan fingerprint density at radius 1 is 1.06 bits per heavy atom. The molecule has 13 heteroatoms. The molecule has 0 fully saturated rings. The first kappa shape index (κ1) is 25.3. The first-order valence-corrected chi connectivity index (χ1v) is 11.5. The van der Waals surface area contributed by atoms with Crippen LogP contribution in [0, 0.1) is 10.1 Å². The molecule has 1 atom stereocenters. The van der Waals surface area contributed by atoms with Crippen LogP contribution in [0.4, 0.5) is 18.9 Å². The molecule has 0 aliphatic heterocycles. The summed E-state index contributed by atoms with van der Waals surface area (Å²) < 4.78 is 59.0. The van der Waals surface area contributed by atoms with E-state index in [1.807, 2.05) is 0 Å². The van der Waals surface area contributed by atoms with E-state index >= 15 is 0 Å². The van der Waals surface area contributed by atoms with E-state index in [9.17, 15) is 32.3 Å². The number of carbonyl (C=O) groups is 1. The van der Waals surface area contributed by atoms with Crippen molar-refractivity contribution in [3.63, 3.8) is 0 Å². The molecular formula is C21H13Cl2F3N2O5S. The highest BCUT2D eigenvalue weighted by atomic mass is 35.5. The first-order valence-electron chi connectivity index (χ1n) is 9.06. The summed E-state index contributed by atoms with van der Waals surface area (Å²) in [6.07, 6.45) is -4.62. The summed E-state index contributed by atoms with van der Waals surface area (Å²) in [5.74, 6) is 2.02.